The predicted molar refractivity (Wildman–Crippen MR) is 99.3 cm³/mol. The molecular weight excluding hydrogens is 386 g/mol. The first-order valence-corrected chi connectivity index (χ1v) is 8.53. The number of anilines is 1. The van der Waals surface area contributed by atoms with Crippen molar-refractivity contribution in [3.05, 3.63) is 40.9 Å². The molecule has 28 heavy (non-hydrogen) atoms. The first kappa shape index (κ1) is 17.8. The molecule has 4 aromatic rings. The number of H-pyrrole nitrogens is 1. The van der Waals surface area contributed by atoms with Crippen LogP contribution in [0.2, 0.25) is 5.02 Å². The van der Waals surface area contributed by atoms with Crippen LogP contribution < -0.4 is 11.1 Å². The molecule has 4 N–H and O–H groups in total. The molecule has 11 nitrogen and oxygen atoms in total. The minimum Gasteiger partial charge on any atom is -0.382 e. The number of aryl methyl sites for hydroxylation is 1. The van der Waals surface area contributed by atoms with Crippen molar-refractivity contribution in [2.45, 2.75) is 19.9 Å². The third-order valence-electron chi connectivity index (χ3n) is 3.94. The molecule has 0 saturated carbocycles. The van der Waals surface area contributed by atoms with Crippen molar-refractivity contribution in [3.8, 4) is 11.5 Å². The van der Waals surface area contributed by atoms with Crippen LogP contribution in [0.15, 0.2) is 23.1 Å². The van der Waals surface area contributed by atoms with Crippen LogP contribution in [0.1, 0.15) is 35.0 Å². The molecule has 0 aliphatic carbocycles. The maximum absolute atomic E-state index is 12.4. The van der Waals surface area contributed by atoms with Crippen molar-refractivity contribution in [2.75, 3.05) is 5.73 Å². The maximum atomic E-state index is 12.4. The number of imidazole rings is 1. The van der Waals surface area contributed by atoms with Crippen LogP contribution in [0.5, 0.6) is 0 Å². The van der Waals surface area contributed by atoms with Crippen LogP contribution in [-0.4, -0.2) is 41.0 Å². The Kier molecular flexibility index (Phi) is 4.35. The molecule has 1 atom stereocenters. The molecule has 1 unspecified atom stereocenters. The summed E-state index contributed by atoms with van der Waals surface area (Å²) in [5, 5.41) is 6.71. The highest BCUT2D eigenvalue weighted by molar-refractivity contribution is 6.35. The summed E-state index contributed by atoms with van der Waals surface area (Å²) in [4.78, 5) is 35.8. The van der Waals surface area contributed by atoms with Crippen LogP contribution >= 0.6 is 11.6 Å². The van der Waals surface area contributed by atoms with Crippen LogP contribution in [0.3, 0.4) is 0 Å². The lowest BCUT2D eigenvalue weighted by Gasteiger charge is -2.11. The van der Waals surface area contributed by atoms with E-state index in [1.165, 1.54) is 6.33 Å². The SMILES string of the molecule is Cc1ncc2[nH]c(-c3cc(C(C)NC(=O)c4ncnc(N)c4Cl)on3)nc2n1. The Hall–Kier alpha value is -3.60. The quantitative estimate of drug-likeness (QED) is 0.464. The molecule has 0 spiro atoms. The van der Waals surface area contributed by atoms with Gasteiger partial charge in [-0.1, -0.05) is 16.8 Å². The highest BCUT2D eigenvalue weighted by Gasteiger charge is 2.21. The Bertz CT molecular complexity index is 1190. The molecular formula is C16H14ClN9O2. The lowest BCUT2D eigenvalue weighted by atomic mass is 10.2. The minimum atomic E-state index is -0.515. The molecule has 0 fully saturated rings. The fourth-order valence-corrected chi connectivity index (χ4v) is 2.68. The van der Waals surface area contributed by atoms with E-state index in [2.05, 4.69) is 40.4 Å². The summed E-state index contributed by atoms with van der Waals surface area (Å²) in [6.07, 6.45) is 2.81. The van der Waals surface area contributed by atoms with Gasteiger partial charge in [-0.25, -0.2) is 24.9 Å². The largest absolute Gasteiger partial charge is 0.382 e. The Morgan fingerprint density at radius 3 is 2.96 bits per heavy atom. The second kappa shape index (κ2) is 6.85. The lowest BCUT2D eigenvalue weighted by Crippen LogP contribution is -2.27. The zero-order valence-corrected chi connectivity index (χ0v) is 15.5. The lowest BCUT2D eigenvalue weighted by molar-refractivity contribution is 0.0929. The fourth-order valence-electron chi connectivity index (χ4n) is 2.50. The van der Waals surface area contributed by atoms with E-state index < -0.39 is 11.9 Å². The Balaban J connectivity index is 1.54. The van der Waals surface area contributed by atoms with Gasteiger partial charge in [-0.15, -0.1) is 0 Å². The Morgan fingerprint density at radius 2 is 2.14 bits per heavy atom. The van der Waals surface area contributed by atoms with E-state index in [-0.39, 0.29) is 16.5 Å². The molecule has 4 rings (SSSR count). The number of nitrogens with zero attached hydrogens (tertiary/aromatic N) is 6. The molecule has 0 aromatic carbocycles. The minimum absolute atomic E-state index is 0.0101. The average Bonchev–Trinajstić information content (AvgIpc) is 3.30. The van der Waals surface area contributed by atoms with Gasteiger partial charge in [-0.2, -0.15) is 0 Å². The number of nitrogens with one attached hydrogen (secondary N) is 2. The topological polar surface area (TPSA) is 161 Å². The van der Waals surface area contributed by atoms with Crippen LogP contribution in [0.4, 0.5) is 5.82 Å². The number of aromatic amines is 1. The molecule has 0 bridgehead atoms. The number of rotatable bonds is 4. The van der Waals surface area contributed by atoms with E-state index in [4.69, 9.17) is 21.9 Å². The number of fused-ring (bicyclic) bond motifs is 1. The monoisotopic (exact) mass is 399 g/mol. The second-order valence-electron chi connectivity index (χ2n) is 5.97. The molecule has 4 heterocycles. The van der Waals surface area contributed by atoms with E-state index in [0.717, 1.165) is 0 Å². The summed E-state index contributed by atoms with van der Waals surface area (Å²) >= 11 is 5.98. The highest BCUT2D eigenvalue weighted by atomic mass is 35.5. The smallest absolute Gasteiger partial charge is 0.272 e. The second-order valence-corrected chi connectivity index (χ2v) is 6.35. The van der Waals surface area contributed by atoms with Crippen molar-refractivity contribution < 1.29 is 9.32 Å². The average molecular weight is 400 g/mol. The first-order chi connectivity index (χ1) is 13.4. The summed E-state index contributed by atoms with van der Waals surface area (Å²) < 4.78 is 5.34. The zero-order chi connectivity index (χ0) is 19.8. The number of aromatic nitrogens is 7. The number of amides is 1. The van der Waals surface area contributed by atoms with Crippen molar-refractivity contribution in [2.24, 2.45) is 0 Å². The molecule has 0 aliphatic rings. The highest BCUT2D eigenvalue weighted by Crippen LogP contribution is 2.23. The summed E-state index contributed by atoms with van der Waals surface area (Å²) in [6, 6.07) is 1.16. The maximum Gasteiger partial charge on any atom is 0.272 e. The summed E-state index contributed by atoms with van der Waals surface area (Å²) in [5.41, 5.74) is 7.26. The summed E-state index contributed by atoms with van der Waals surface area (Å²) in [5.74, 6) is 1.03. The standard InChI is InChI=1S/C16H14ClN9O2/c1-6(22-16(27)12-11(17)13(18)21-5-20-12)10-3-8(26-28-10)14-24-9-4-19-7(2)23-15(9)25-14/h3-6H,1-2H3,(H,22,27)(H2,18,20,21)(H,19,23,24,25). The van der Waals surface area contributed by atoms with Gasteiger partial charge in [0.05, 0.1) is 12.2 Å². The molecule has 4 aromatic heterocycles. The number of hydrogen-bond acceptors (Lipinski definition) is 9. The van der Waals surface area contributed by atoms with Crippen LogP contribution in [0, 0.1) is 6.92 Å². The van der Waals surface area contributed by atoms with Gasteiger partial charge in [-0.3, -0.25) is 4.79 Å². The molecule has 0 radical (unpaired) electrons. The van der Waals surface area contributed by atoms with Crippen molar-refractivity contribution in [1.29, 1.82) is 0 Å². The van der Waals surface area contributed by atoms with Gasteiger partial charge >= 0.3 is 0 Å². The van der Waals surface area contributed by atoms with E-state index in [1.807, 2.05) is 0 Å². The third kappa shape index (κ3) is 3.22. The number of carbonyl (C=O) groups excluding carboxylic acids is 1. The van der Waals surface area contributed by atoms with Gasteiger partial charge in [0.15, 0.2) is 22.9 Å². The van der Waals surface area contributed by atoms with Gasteiger partial charge in [0.1, 0.15) is 34.2 Å². The molecule has 12 heteroatoms. The van der Waals surface area contributed by atoms with Gasteiger partial charge < -0.3 is 20.6 Å². The number of carbonyl (C=O) groups is 1. The molecule has 1 amide bonds. The Morgan fingerprint density at radius 1 is 1.32 bits per heavy atom. The molecule has 0 saturated heterocycles. The van der Waals surface area contributed by atoms with E-state index in [1.54, 1.807) is 26.1 Å². The summed E-state index contributed by atoms with van der Waals surface area (Å²) in [6.45, 7) is 3.51. The van der Waals surface area contributed by atoms with Gasteiger partial charge in [-0.05, 0) is 13.8 Å². The fraction of sp³-hybridized carbons (Fsp3) is 0.188. The van der Waals surface area contributed by atoms with E-state index in [0.29, 0.717) is 34.3 Å². The van der Waals surface area contributed by atoms with Crippen molar-refractivity contribution in [1.82, 2.24) is 40.4 Å². The third-order valence-corrected chi connectivity index (χ3v) is 4.31. The predicted octanol–water partition coefficient (Wildman–Crippen LogP) is 1.83. The van der Waals surface area contributed by atoms with E-state index in [9.17, 15) is 4.79 Å². The van der Waals surface area contributed by atoms with E-state index >= 15 is 0 Å². The first-order valence-electron chi connectivity index (χ1n) is 8.15. The zero-order valence-electron chi connectivity index (χ0n) is 14.8. The summed E-state index contributed by atoms with van der Waals surface area (Å²) in [7, 11) is 0. The van der Waals surface area contributed by atoms with Gasteiger partial charge in [0.25, 0.3) is 5.91 Å². The van der Waals surface area contributed by atoms with Crippen molar-refractivity contribution in [3.63, 3.8) is 0 Å². The van der Waals surface area contributed by atoms with Gasteiger partial charge in [0.2, 0.25) is 0 Å². The number of nitrogen functional groups attached to an aromatic ring is 1. The van der Waals surface area contributed by atoms with Crippen LogP contribution in [-0.2, 0) is 0 Å². The molecule has 0 aliphatic heterocycles. The van der Waals surface area contributed by atoms with Crippen molar-refractivity contribution >= 4 is 34.5 Å². The number of halogens is 1. The van der Waals surface area contributed by atoms with Crippen LogP contribution in [0.25, 0.3) is 22.7 Å². The van der Waals surface area contributed by atoms with Gasteiger partial charge in [0, 0.05) is 6.07 Å². The normalized spacial score (nSPS) is 12.2. The number of hydrogen-bond donors (Lipinski definition) is 3. The number of nitrogens with two attached hydrogens (primary N) is 1. The Labute approximate surface area is 162 Å². The molecule has 142 valence electrons.